The van der Waals surface area contributed by atoms with Crippen LogP contribution >= 0.6 is 0 Å². The zero-order valence-corrected chi connectivity index (χ0v) is 46.2. The second kappa shape index (κ2) is 29.4. The number of amides is 3. The van der Waals surface area contributed by atoms with Crippen LogP contribution in [0.3, 0.4) is 0 Å². The summed E-state index contributed by atoms with van der Waals surface area (Å²) in [5, 5.41) is 23.2. The topological polar surface area (TPSA) is 252 Å². The van der Waals surface area contributed by atoms with Crippen molar-refractivity contribution in [2.75, 3.05) is 39.4 Å². The summed E-state index contributed by atoms with van der Waals surface area (Å²) < 4.78 is 80.5. The summed E-state index contributed by atoms with van der Waals surface area (Å²) in [6.07, 6.45) is -4.45. The molecule has 3 amide bonds. The van der Waals surface area contributed by atoms with Gasteiger partial charge in [0, 0.05) is 54.0 Å². The van der Waals surface area contributed by atoms with Gasteiger partial charge in [0.15, 0.2) is 11.6 Å². The third kappa shape index (κ3) is 16.8. The summed E-state index contributed by atoms with van der Waals surface area (Å²) in [7, 11) is 0. The van der Waals surface area contributed by atoms with E-state index in [1.165, 1.54) is 11.1 Å². The maximum absolute atomic E-state index is 13.6. The molecule has 24 heteroatoms. The average Bonchev–Trinajstić information content (AvgIpc) is 4.40. The van der Waals surface area contributed by atoms with E-state index in [4.69, 9.17) is 20.5 Å². The molecule has 2 aliphatic rings. The van der Waals surface area contributed by atoms with Gasteiger partial charge in [-0.15, -0.1) is 10.2 Å². The van der Waals surface area contributed by atoms with E-state index >= 15 is 0 Å². The van der Waals surface area contributed by atoms with Crippen LogP contribution < -0.4 is 15.2 Å². The number of alkyl halides is 6. The van der Waals surface area contributed by atoms with Crippen LogP contribution in [-0.4, -0.2) is 122 Å². The Morgan fingerprint density at radius 3 is 1.27 bits per heavy atom. The number of nitrogens with one attached hydrogen (secondary N) is 2. The number of H-pyrrole nitrogens is 2. The molecule has 0 saturated carbocycles. The number of aromatic nitrogens is 6. The third-order valence-electron chi connectivity index (χ3n) is 14.0. The molecule has 0 aliphatic carbocycles. The molecule has 0 atom stereocenters. The number of carbonyl (C=O) groups is 5. The number of carbonyl (C=O) groups excluding carboxylic acids is 5. The molecule has 83 heavy (non-hydrogen) atoms. The summed E-state index contributed by atoms with van der Waals surface area (Å²) in [5.41, 5.74) is 16.6. The Labute approximate surface area is 477 Å². The number of hydrogen-bond donors (Lipinski definition) is 3. The van der Waals surface area contributed by atoms with Crippen molar-refractivity contribution in [2.24, 2.45) is 5.73 Å². The molecule has 18 nitrogen and oxygen atoms in total. The fraction of sp³-hybridized carbons (Fsp3) is 0.424. The molecule has 4 heterocycles. The molecular formula is C59H68F6N10O8. The Morgan fingerprint density at radius 1 is 0.590 bits per heavy atom. The fourth-order valence-electron chi connectivity index (χ4n) is 9.64. The van der Waals surface area contributed by atoms with Crippen LogP contribution in [0.15, 0.2) is 72.8 Å². The van der Waals surface area contributed by atoms with E-state index in [9.17, 15) is 50.3 Å². The van der Waals surface area contributed by atoms with Crippen molar-refractivity contribution < 1.29 is 64.5 Å². The van der Waals surface area contributed by atoms with Gasteiger partial charge >= 0.3 is 36.3 Å². The quantitative estimate of drug-likeness (QED) is 0.0492. The van der Waals surface area contributed by atoms with E-state index < -0.39 is 30.2 Å². The number of likely N-dealkylation sites (tertiary alicyclic amines) is 2. The number of hydrogen-bond acceptors (Lipinski definition) is 13. The SMILES string of the molecule is C.CCOc1n[nH]c(-c2cc(C(=O)N3CCC(c4ccc(C#N)cc4)CC3)c(CC)cc2CC)n1.CCOc1n[nH]c(-c2cc(C(=O)N3CCC(c4ccc(C(N)=O)cc4)CC3)c(CC)cc2CC)n1.O=C(OC(=O)C(F)(F)F)C(F)(F)F. The van der Waals surface area contributed by atoms with Crippen LogP contribution in [0.2, 0.25) is 0 Å². The number of nitriles is 1. The molecule has 4 aromatic carbocycles. The summed E-state index contributed by atoms with van der Waals surface area (Å²) in [4.78, 5) is 70.8. The monoisotopic (exact) mass is 1160 g/mol. The summed E-state index contributed by atoms with van der Waals surface area (Å²) in [5.74, 6) is -4.69. The highest BCUT2D eigenvalue weighted by Gasteiger charge is 2.49. The molecule has 2 aromatic heterocycles. The van der Waals surface area contributed by atoms with Crippen molar-refractivity contribution >= 4 is 29.7 Å². The molecule has 2 aliphatic heterocycles. The van der Waals surface area contributed by atoms with Gasteiger partial charge in [0.2, 0.25) is 5.91 Å². The molecule has 4 N–H and O–H groups in total. The van der Waals surface area contributed by atoms with Gasteiger partial charge in [-0.05, 0) is 147 Å². The minimum atomic E-state index is -5.62. The minimum Gasteiger partial charge on any atom is -0.463 e. The number of aryl methyl sites for hydroxylation is 4. The van der Waals surface area contributed by atoms with Gasteiger partial charge in [-0.25, -0.2) is 9.59 Å². The van der Waals surface area contributed by atoms with Crippen molar-refractivity contribution in [1.29, 1.82) is 5.26 Å². The molecule has 0 unspecified atom stereocenters. The first-order valence-corrected chi connectivity index (χ1v) is 26.9. The van der Waals surface area contributed by atoms with E-state index in [0.29, 0.717) is 86.0 Å². The molecule has 0 spiro atoms. The lowest BCUT2D eigenvalue weighted by atomic mass is 9.88. The molecule has 0 radical (unpaired) electrons. The highest BCUT2D eigenvalue weighted by atomic mass is 19.4. The predicted octanol–water partition coefficient (Wildman–Crippen LogP) is 10.8. The molecule has 2 saturated heterocycles. The Kier molecular flexibility index (Phi) is 23.1. The van der Waals surface area contributed by atoms with E-state index in [-0.39, 0.29) is 19.2 Å². The van der Waals surface area contributed by atoms with Crippen LogP contribution in [0.25, 0.3) is 22.8 Å². The van der Waals surface area contributed by atoms with Crippen molar-refractivity contribution in [3.63, 3.8) is 0 Å². The second-order valence-electron chi connectivity index (χ2n) is 19.1. The second-order valence-corrected chi connectivity index (χ2v) is 19.1. The van der Waals surface area contributed by atoms with E-state index in [0.717, 1.165) is 95.9 Å². The zero-order valence-electron chi connectivity index (χ0n) is 46.2. The molecule has 0 bridgehead atoms. The van der Waals surface area contributed by atoms with E-state index in [2.05, 4.69) is 81.0 Å². The van der Waals surface area contributed by atoms with Gasteiger partial charge in [-0.1, -0.05) is 71.5 Å². The van der Waals surface area contributed by atoms with Crippen molar-refractivity contribution in [1.82, 2.24) is 40.2 Å². The lowest BCUT2D eigenvalue weighted by Crippen LogP contribution is -2.38. The first-order chi connectivity index (χ1) is 39.1. The molecular weight excluding hydrogens is 1090 g/mol. The number of primary amides is 1. The first kappa shape index (κ1) is 65.2. The molecule has 444 valence electrons. The predicted molar refractivity (Wildman–Crippen MR) is 295 cm³/mol. The van der Waals surface area contributed by atoms with Gasteiger partial charge in [0.05, 0.1) is 24.8 Å². The lowest BCUT2D eigenvalue weighted by molar-refractivity contribution is -0.221. The van der Waals surface area contributed by atoms with Gasteiger partial charge < -0.3 is 29.7 Å². The first-order valence-electron chi connectivity index (χ1n) is 26.9. The highest BCUT2D eigenvalue weighted by Crippen LogP contribution is 2.34. The Bertz CT molecular complexity index is 3200. The number of esters is 2. The number of benzene rings is 4. The summed E-state index contributed by atoms with van der Waals surface area (Å²) in [6.45, 7) is 15.9. The average molecular weight is 1160 g/mol. The number of aromatic amines is 2. The maximum atomic E-state index is 13.6. The van der Waals surface area contributed by atoms with Crippen LogP contribution in [-0.2, 0) is 40.0 Å². The van der Waals surface area contributed by atoms with Gasteiger partial charge in [-0.2, -0.15) is 41.6 Å². The lowest BCUT2D eigenvalue weighted by Gasteiger charge is -2.33. The van der Waals surface area contributed by atoms with Crippen LogP contribution in [0, 0.1) is 11.3 Å². The third-order valence-corrected chi connectivity index (χ3v) is 14.0. The van der Waals surface area contributed by atoms with Crippen molar-refractivity contribution in [3.05, 3.63) is 128 Å². The van der Waals surface area contributed by atoms with E-state index in [1.54, 1.807) is 12.1 Å². The highest BCUT2D eigenvalue weighted by molar-refractivity contribution is 5.98. The molecule has 6 aromatic rings. The number of piperidine rings is 2. The largest absolute Gasteiger partial charge is 0.491 e. The zero-order chi connectivity index (χ0) is 59.9. The molecule has 2 fully saturated rings. The van der Waals surface area contributed by atoms with Crippen LogP contribution in [0.4, 0.5) is 26.3 Å². The number of halogens is 6. The van der Waals surface area contributed by atoms with Crippen molar-refractivity contribution in [2.45, 2.75) is 125 Å². The summed E-state index contributed by atoms with van der Waals surface area (Å²) in [6, 6.07) is 26.3. The van der Waals surface area contributed by atoms with Gasteiger partial charge in [0.1, 0.15) is 0 Å². The number of rotatable bonds is 15. The Hall–Kier alpha value is -8.62. The number of nitrogens with two attached hydrogens (primary N) is 1. The normalized spacial score (nSPS) is 13.7. The number of nitrogens with zero attached hydrogens (tertiary/aromatic N) is 7. The van der Waals surface area contributed by atoms with Crippen molar-refractivity contribution in [3.8, 4) is 40.9 Å². The van der Waals surface area contributed by atoms with Crippen LogP contribution in [0.1, 0.15) is 157 Å². The van der Waals surface area contributed by atoms with Gasteiger partial charge in [0.25, 0.3) is 11.8 Å². The maximum Gasteiger partial charge on any atom is 0.491 e. The standard InChI is InChI=1S/C27H33N5O3.C27H31N5O2.C4F6O3.CH4/c1-4-17-15-18(5-2)23(16-22(17)25-29-27(31-30-25)35-6-3)26(34)32-13-11-20(12-14-32)19-7-9-21(10-8-19)24(28)33;1-4-19-15-20(5-2)24(16-23(19)25-29-27(31-30-25)34-6-3)26(33)32-13-11-22(12-14-32)21-9-7-18(17-28)8-10-21;5-3(6,7)1(11)13-2(12)4(8,9)10;/h7-10,15-16,20H,4-6,11-14H2,1-3H3,(H2,28,33)(H,29,30,31);7-10,15-16,22H,4-6,11-14H2,1-3H3,(H,29,30,31);;1H4. The van der Waals surface area contributed by atoms with Gasteiger partial charge in [-0.3, -0.25) is 24.6 Å². The van der Waals surface area contributed by atoms with Crippen LogP contribution in [0.5, 0.6) is 12.0 Å². The summed E-state index contributed by atoms with van der Waals surface area (Å²) >= 11 is 0. The Morgan fingerprint density at radius 2 is 0.952 bits per heavy atom. The minimum absolute atomic E-state index is 0. The van der Waals surface area contributed by atoms with E-state index in [1.807, 2.05) is 72.2 Å². The molecule has 8 rings (SSSR count). The smallest absolute Gasteiger partial charge is 0.463 e. The fourth-order valence-corrected chi connectivity index (χ4v) is 9.64. The Balaban J connectivity index is 0.000000249. The number of ether oxygens (including phenoxy) is 3.